The SMILES string of the molecule is Cc1cc(=O)n(CC(=O)Nc2cnc(N3CCN(c4ccccc4)CC3)nc2)cn1. The Labute approximate surface area is 174 Å². The van der Waals surface area contributed by atoms with Crippen molar-refractivity contribution in [3.63, 3.8) is 0 Å². The molecule has 154 valence electrons. The van der Waals surface area contributed by atoms with Crippen molar-refractivity contribution in [3.05, 3.63) is 71.2 Å². The van der Waals surface area contributed by atoms with E-state index in [1.165, 1.54) is 22.6 Å². The van der Waals surface area contributed by atoms with Crippen LogP contribution in [0.4, 0.5) is 17.3 Å². The normalized spacial score (nSPS) is 13.9. The first-order chi connectivity index (χ1) is 14.6. The lowest BCUT2D eigenvalue weighted by atomic mass is 10.2. The molecule has 9 heteroatoms. The highest BCUT2D eigenvalue weighted by atomic mass is 16.2. The highest BCUT2D eigenvalue weighted by molar-refractivity contribution is 5.90. The van der Waals surface area contributed by atoms with E-state index in [2.05, 4.69) is 42.2 Å². The van der Waals surface area contributed by atoms with E-state index in [-0.39, 0.29) is 18.0 Å². The maximum atomic E-state index is 12.2. The molecule has 1 aliphatic rings. The fourth-order valence-electron chi connectivity index (χ4n) is 3.34. The van der Waals surface area contributed by atoms with Crippen molar-refractivity contribution in [2.75, 3.05) is 41.3 Å². The Kier molecular flexibility index (Phi) is 5.69. The Hall–Kier alpha value is -3.75. The molecule has 0 unspecified atom stereocenters. The number of rotatable bonds is 5. The molecule has 1 fully saturated rings. The van der Waals surface area contributed by atoms with E-state index in [9.17, 15) is 9.59 Å². The number of nitrogens with zero attached hydrogens (tertiary/aromatic N) is 6. The summed E-state index contributed by atoms with van der Waals surface area (Å²) in [5, 5.41) is 2.71. The van der Waals surface area contributed by atoms with Gasteiger partial charge in [0.1, 0.15) is 6.54 Å². The lowest BCUT2D eigenvalue weighted by Gasteiger charge is -2.36. The summed E-state index contributed by atoms with van der Waals surface area (Å²) in [5.41, 5.74) is 2.06. The zero-order valence-corrected chi connectivity index (χ0v) is 16.7. The molecule has 0 radical (unpaired) electrons. The minimum Gasteiger partial charge on any atom is -0.368 e. The first-order valence-corrected chi connectivity index (χ1v) is 9.78. The van der Waals surface area contributed by atoms with E-state index in [1.54, 1.807) is 19.3 Å². The van der Waals surface area contributed by atoms with Gasteiger partial charge in [-0.2, -0.15) is 0 Å². The number of hydrogen-bond acceptors (Lipinski definition) is 7. The number of hydrogen-bond donors (Lipinski definition) is 1. The highest BCUT2D eigenvalue weighted by Gasteiger charge is 2.19. The molecule has 1 N–H and O–H groups in total. The summed E-state index contributed by atoms with van der Waals surface area (Å²) in [6.45, 7) is 5.05. The average molecular weight is 405 g/mol. The number of nitrogens with one attached hydrogen (secondary N) is 1. The molecule has 3 aromatic rings. The molecule has 9 nitrogen and oxygen atoms in total. The summed E-state index contributed by atoms with van der Waals surface area (Å²) in [6.07, 6.45) is 4.53. The van der Waals surface area contributed by atoms with E-state index >= 15 is 0 Å². The predicted molar refractivity (Wildman–Crippen MR) is 115 cm³/mol. The van der Waals surface area contributed by atoms with E-state index in [4.69, 9.17) is 0 Å². The largest absolute Gasteiger partial charge is 0.368 e. The van der Waals surface area contributed by atoms with Gasteiger partial charge in [0.2, 0.25) is 11.9 Å². The van der Waals surface area contributed by atoms with Crippen molar-refractivity contribution in [2.24, 2.45) is 0 Å². The molecule has 4 rings (SSSR count). The molecule has 0 spiro atoms. The molecule has 0 aliphatic carbocycles. The maximum absolute atomic E-state index is 12.2. The Morgan fingerprint density at radius 1 is 1.00 bits per heavy atom. The monoisotopic (exact) mass is 405 g/mol. The van der Waals surface area contributed by atoms with E-state index < -0.39 is 0 Å². The number of carbonyl (C=O) groups is 1. The summed E-state index contributed by atoms with van der Waals surface area (Å²) in [7, 11) is 0. The van der Waals surface area contributed by atoms with Gasteiger partial charge in [-0.05, 0) is 19.1 Å². The number of amides is 1. The fourth-order valence-corrected chi connectivity index (χ4v) is 3.34. The van der Waals surface area contributed by atoms with Gasteiger partial charge < -0.3 is 15.1 Å². The molecule has 1 amide bonds. The maximum Gasteiger partial charge on any atom is 0.253 e. The van der Waals surface area contributed by atoms with Crippen LogP contribution in [0.2, 0.25) is 0 Å². The molecule has 1 aliphatic heterocycles. The Bertz CT molecular complexity index is 1060. The van der Waals surface area contributed by atoms with Crippen molar-refractivity contribution < 1.29 is 4.79 Å². The van der Waals surface area contributed by atoms with Gasteiger partial charge in [-0.3, -0.25) is 14.2 Å². The van der Waals surface area contributed by atoms with Crippen LogP contribution in [0.5, 0.6) is 0 Å². The number of anilines is 3. The zero-order chi connectivity index (χ0) is 20.9. The first-order valence-electron chi connectivity index (χ1n) is 9.78. The second kappa shape index (κ2) is 8.73. The van der Waals surface area contributed by atoms with Gasteiger partial charge >= 0.3 is 0 Å². The van der Waals surface area contributed by atoms with Crippen molar-refractivity contribution in [3.8, 4) is 0 Å². The zero-order valence-electron chi connectivity index (χ0n) is 16.7. The summed E-state index contributed by atoms with van der Waals surface area (Å²) >= 11 is 0. The van der Waals surface area contributed by atoms with Crippen LogP contribution in [0.15, 0.2) is 59.9 Å². The standard InChI is InChI=1S/C21H23N7O2/c1-16-11-20(30)28(15-24-16)14-19(29)25-17-12-22-21(23-13-17)27-9-7-26(8-10-27)18-5-3-2-4-6-18/h2-6,11-13,15H,7-10,14H2,1H3,(H,25,29). The Morgan fingerprint density at radius 3 is 2.33 bits per heavy atom. The second-order valence-corrected chi connectivity index (χ2v) is 7.13. The third-order valence-electron chi connectivity index (χ3n) is 4.94. The van der Waals surface area contributed by atoms with Crippen LogP contribution in [0.3, 0.4) is 0 Å². The molecular formula is C21H23N7O2. The number of para-hydroxylation sites is 1. The number of aromatic nitrogens is 4. The minimum absolute atomic E-state index is 0.116. The fraction of sp³-hybridized carbons (Fsp3) is 0.286. The van der Waals surface area contributed by atoms with E-state index in [0.717, 1.165) is 26.2 Å². The van der Waals surface area contributed by atoms with Crippen molar-refractivity contribution in [1.29, 1.82) is 0 Å². The minimum atomic E-state index is -0.337. The molecular weight excluding hydrogens is 382 g/mol. The Balaban J connectivity index is 1.32. The highest BCUT2D eigenvalue weighted by Crippen LogP contribution is 2.18. The lowest BCUT2D eigenvalue weighted by molar-refractivity contribution is -0.116. The quantitative estimate of drug-likeness (QED) is 0.684. The lowest BCUT2D eigenvalue weighted by Crippen LogP contribution is -2.47. The number of aryl methyl sites for hydroxylation is 1. The van der Waals surface area contributed by atoms with Crippen LogP contribution >= 0.6 is 0 Å². The third kappa shape index (κ3) is 4.62. The van der Waals surface area contributed by atoms with Crippen LogP contribution in [0.1, 0.15) is 5.69 Å². The van der Waals surface area contributed by atoms with E-state index in [1.807, 2.05) is 18.2 Å². The van der Waals surface area contributed by atoms with Crippen LogP contribution in [-0.4, -0.2) is 51.6 Å². The van der Waals surface area contributed by atoms with Gasteiger partial charge in [-0.1, -0.05) is 18.2 Å². The second-order valence-electron chi connectivity index (χ2n) is 7.13. The summed E-state index contributed by atoms with van der Waals surface area (Å²) in [5.74, 6) is 0.301. The molecule has 0 bridgehead atoms. The van der Waals surface area contributed by atoms with Gasteiger partial charge in [0.25, 0.3) is 5.56 Å². The van der Waals surface area contributed by atoms with Crippen molar-refractivity contribution in [1.82, 2.24) is 19.5 Å². The summed E-state index contributed by atoms with van der Waals surface area (Å²) in [6, 6.07) is 11.7. The van der Waals surface area contributed by atoms with Gasteiger partial charge in [-0.15, -0.1) is 0 Å². The molecule has 0 saturated carbocycles. The first kappa shape index (κ1) is 19.6. The topological polar surface area (TPSA) is 96.2 Å². The third-order valence-corrected chi connectivity index (χ3v) is 4.94. The van der Waals surface area contributed by atoms with Crippen LogP contribution in [-0.2, 0) is 11.3 Å². The molecule has 1 aromatic carbocycles. The molecule has 0 atom stereocenters. The number of piperazine rings is 1. The van der Waals surface area contributed by atoms with Crippen LogP contribution in [0, 0.1) is 6.92 Å². The van der Waals surface area contributed by atoms with Crippen LogP contribution in [0.25, 0.3) is 0 Å². The molecule has 30 heavy (non-hydrogen) atoms. The molecule has 3 heterocycles. The molecule has 2 aromatic heterocycles. The number of benzene rings is 1. The van der Waals surface area contributed by atoms with Crippen molar-refractivity contribution in [2.45, 2.75) is 13.5 Å². The summed E-state index contributed by atoms with van der Waals surface area (Å²) in [4.78, 5) is 41.4. The smallest absolute Gasteiger partial charge is 0.253 e. The molecule has 1 saturated heterocycles. The van der Waals surface area contributed by atoms with Gasteiger partial charge in [0.15, 0.2) is 0 Å². The van der Waals surface area contributed by atoms with Gasteiger partial charge in [0, 0.05) is 43.6 Å². The van der Waals surface area contributed by atoms with Gasteiger partial charge in [0.05, 0.1) is 24.4 Å². The van der Waals surface area contributed by atoms with Crippen molar-refractivity contribution >= 4 is 23.2 Å². The van der Waals surface area contributed by atoms with Gasteiger partial charge in [-0.25, -0.2) is 15.0 Å². The van der Waals surface area contributed by atoms with Crippen LogP contribution < -0.4 is 20.7 Å². The average Bonchev–Trinajstić information content (AvgIpc) is 2.77. The number of carbonyl (C=O) groups excluding carboxylic acids is 1. The van der Waals surface area contributed by atoms with E-state index in [0.29, 0.717) is 17.3 Å². The Morgan fingerprint density at radius 2 is 1.67 bits per heavy atom. The predicted octanol–water partition coefficient (Wildman–Crippen LogP) is 1.31. The summed E-state index contributed by atoms with van der Waals surface area (Å²) < 4.78 is 1.25.